The lowest BCUT2D eigenvalue weighted by molar-refractivity contribution is 0.0474. The highest BCUT2D eigenvalue weighted by atomic mass is 35.5. The summed E-state index contributed by atoms with van der Waals surface area (Å²) in [7, 11) is -4.02. The minimum atomic E-state index is -4.02. The van der Waals surface area contributed by atoms with Gasteiger partial charge in [-0.05, 0) is 42.5 Å². The van der Waals surface area contributed by atoms with Crippen molar-refractivity contribution in [2.24, 2.45) is 0 Å². The number of ketones is 1. The fourth-order valence-electron chi connectivity index (χ4n) is 2.90. The average molecular weight is 470 g/mol. The van der Waals surface area contributed by atoms with Gasteiger partial charge in [0, 0.05) is 10.6 Å². The molecule has 0 heterocycles. The molecule has 0 aromatic heterocycles. The van der Waals surface area contributed by atoms with Crippen LogP contribution in [0.25, 0.3) is 0 Å². The third kappa shape index (κ3) is 5.43. The molecule has 6 nitrogen and oxygen atoms in total. The van der Waals surface area contributed by atoms with Crippen molar-refractivity contribution in [2.75, 3.05) is 17.5 Å². The normalized spacial score (nSPS) is 10.9. The predicted molar refractivity (Wildman–Crippen MR) is 124 cm³/mol. The second-order valence-electron chi connectivity index (χ2n) is 6.69. The number of Topliss-reactive ketones (excluding diaryl/α,β-unsaturated/α-hetero) is 1. The first-order valence-corrected chi connectivity index (χ1v) is 11.4. The maximum atomic E-state index is 13.3. The van der Waals surface area contributed by atoms with Gasteiger partial charge in [-0.3, -0.25) is 9.10 Å². The van der Waals surface area contributed by atoms with E-state index in [-0.39, 0.29) is 22.8 Å². The molecule has 0 amide bonds. The van der Waals surface area contributed by atoms with Crippen molar-refractivity contribution in [2.45, 2.75) is 4.90 Å². The van der Waals surface area contributed by atoms with Crippen LogP contribution in [-0.2, 0) is 14.8 Å². The fraction of sp³-hybridized carbons (Fsp3) is 0.0833. The highest BCUT2D eigenvalue weighted by Crippen LogP contribution is 2.26. The number of anilines is 1. The zero-order valence-electron chi connectivity index (χ0n) is 17.0. The van der Waals surface area contributed by atoms with Gasteiger partial charge in [-0.1, -0.05) is 54.1 Å². The lowest BCUT2D eigenvalue weighted by atomic mass is 10.1. The van der Waals surface area contributed by atoms with Gasteiger partial charge in [-0.15, -0.1) is 6.58 Å². The number of hydrogen-bond acceptors (Lipinski definition) is 5. The lowest BCUT2D eigenvalue weighted by Crippen LogP contribution is -2.31. The van der Waals surface area contributed by atoms with Gasteiger partial charge in [0.05, 0.1) is 22.7 Å². The van der Waals surface area contributed by atoms with Crippen LogP contribution in [0.2, 0.25) is 5.02 Å². The van der Waals surface area contributed by atoms with E-state index in [9.17, 15) is 18.0 Å². The summed E-state index contributed by atoms with van der Waals surface area (Å²) in [5.41, 5.74) is 0.831. The number of esters is 1. The number of nitrogens with zero attached hydrogens (tertiary/aromatic N) is 1. The molecule has 8 heteroatoms. The van der Waals surface area contributed by atoms with Crippen LogP contribution in [-0.4, -0.2) is 33.3 Å². The van der Waals surface area contributed by atoms with E-state index in [0.717, 1.165) is 4.31 Å². The molecule has 0 spiro atoms. The van der Waals surface area contributed by atoms with Gasteiger partial charge >= 0.3 is 5.97 Å². The van der Waals surface area contributed by atoms with Crippen molar-refractivity contribution in [1.82, 2.24) is 0 Å². The third-order valence-electron chi connectivity index (χ3n) is 4.50. The second-order valence-corrected chi connectivity index (χ2v) is 8.99. The van der Waals surface area contributed by atoms with Gasteiger partial charge < -0.3 is 4.74 Å². The van der Waals surface area contributed by atoms with E-state index < -0.39 is 22.6 Å². The predicted octanol–water partition coefficient (Wildman–Crippen LogP) is 4.76. The van der Waals surface area contributed by atoms with Crippen molar-refractivity contribution in [3.05, 3.63) is 108 Å². The third-order valence-corrected chi connectivity index (χ3v) is 6.54. The van der Waals surface area contributed by atoms with Gasteiger partial charge in [-0.25, -0.2) is 13.2 Å². The summed E-state index contributed by atoms with van der Waals surface area (Å²) >= 11 is 5.91. The number of sulfonamides is 1. The van der Waals surface area contributed by atoms with E-state index in [1.54, 1.807) is 54.6 Å². The Morgan fingerprint density at radius 3 is 2.25 bits per heavy atom. The monoisotopic (exact) mass is 469 g/mol. The fourth-order valence-corrected chi connectivity index (χ4v) is 4.51. The summed E-state index contributed by atoms with van der Waals surface area (Å²) in [6, 6.07) is 20.2. The van der Waals surface area contributed by atoms with E-state index in [2.05, 4.69) is 6.58 Å². The Balaban J connectivity index is 1.81. The number of benzene rings is 3. The topological polar surface area (TPSA) is 80.8 Å². The van der Waals surface area contributed by atoms with Crippen LogP contribution in [0.3, 0.4) is 0 Å². The van der Waals surface area contributed by atoms with Gasteiger partial charge in [0.25, 0.3) is 10.0 Å². The Bertz CT molecular complexity index is 1220. The quantitative estimate of drug-likeness (QED) is 0.256. The maximum Gasteiger partial charge on any atom is 0.338 e. The van der Waals surface area contributed by atoms with Crippen LogP contribution in [0, 0.1) is 0 Å². The number of halogens is 1. The summed E-state index contributed by atoms with van der Waals surface area (Å²) < 4.78 is 32.8. The number of rotatable bonds is 9. The highest BCUT2D eigenvalue weighted by molar-refractivity contribution is 7.92. The van der Waals surface area contributed by atoms with Crippen molar-refractivity contribution >= 4 is 39.1 Å². The molecule has 0 unspecified atom stereocenters. The van der Waals surface area contributed by atoms with Crippen LogP contribution in [0.4, 0.5) is 5.69 Å². The van der Waals surface area contributed by atoms with Crippen LogP contribution >= 0.6 is 11.6 Å². The summed E-state index contributed by atoms with van der Waals surface area (Å²) in [4.78, 5) is 24.5. The van der Waals surface area contributed by atoms with E-state index in [1.165, 1.54) is 30.3 Å². The zero-order chi connectivity index (χ0) is 23.1. The zero-order valence-corrected chi connectivity index (χ0v) is 18.6. The van der Waals surface area contributed by atoms with Gasteiger partial charge in [0.15, 0.2) is 12.4 Å². The van der Waals surface area contributed by atoms with Crippen molar-refractivity contribution in [3.8, 4) is 0 Å². The van der Waals surface area contributed by atoms with Crippen molar-refractivity contribution in [3.63, 3.8) is 0 Å². The maximum absolute atomic E-state index is 13.3. The molecule has 3 rings (SSSR count). The minimum Gasteiger partial charge on any atom is -0.454 e. The SMILES string of the molecule is C=CCN(c1ccc(Cl)cc1)S(=O)(=O)c1cccc(C(=O)OCC(=O)c2ccccc2)c1. The Kier molecular flexibility index (Phi) is 7.45. The van der Waals surface area contributed by atoms with Crippen molar-refractivity contribution in [1.29, 1.82) is 0 Å². The lowest BCUT2D eigenvalue weighted by Gasteiger charge is -2.23. The van der Waals surface area contributed by atoms with Gasteiger partial charge in [0.1, 0.15) is 0 Å². The van der Waals surface area contributed by atoms with E-state index in [0.29, 0.717) is 16.3 Å². The first-order chi connectivity index (χ1) is 15.3. The molecular formula is C24H20ClNO5S. The molecule has 164 valence electrons. The summed E-state index contributed by atoms with van der Waals surface area (Å²) in [6.07, 6.45) is 1.46. The Morgan fingerprint density at radius 1 is 0.938 bits per heavy atom. The molecule has 0 fully saturated rings. The molecule has 0 saturated carbocycles. The smallest absolute Gasteiger partial charge is 0.338 e. The molecule has 0 saturated heterocycles. The summed E-state index contributed by atoms with van der Waals surface area (Å²) in [5.74, 6) is -1.16. The first-order valence-electron chi connectivity index (χ1n) is 9.57. The molecule has 0 radical (unpaired) electrons. The number of hydrogen-bond donors (Lipinski definition) is 0. The van der Waals surface area contributed by atoms with Crippen LogP contribution in [0.1, 0.15) is 20.7 Å². The largest absolute Gasteiger partial charge is 0.454 e. The molecule has 0 aliphatic rings. The molecular weight excluding hydrogens is 450 g/mol. The van der Waals surface area contributed by atoms with Crippen LogP contribution < -0.4 is 4.31 Å². The van der Waals surface area contributed by atoms with Gasteiger partial charge in [-0.2, -0.15) is 0 Å². The standard InChI is InChI=1S/C24H20ClNO5S/c1-2-15-26(21-13-11-20(25)12-14-21)32(29,30)22-10-6-9-19(16-22)24(28)31-17-23(27)18-7-4-3-5-8-18/h2-14,16H,1,15,17H2. The first kappa shape index (κ1) is 23.2. The molecule has 0 atom stereocenters. The Labute approximate surface area is 191 Å². The van der Waals surface area contributed by atoms with Crippen molar-refractivity contribution < 1.29 is 22.7 Å². The molecule has 0 N–H and O–H groups in total. The van der Waals surface area contributed by atoms with Gasteiger partial charge in [0.2, 0.25) is 0 Å². The van der Waals surface area contributed by atoms with E-state index in [4.69, 9.17) is 16.3 Å². The number of ether oxygens (including phenoxy) is 1. The molecule has 32 heavy (non-hydrogen) atoms. The Hall–Kier alpha value is -3.42. The van der Waals surface area contributed by atoms with Crippen LogP contribution in [0.15, 0.2) is 96.4 Å². The minimum absolute atomic E-state index is 0.0154. The molecule has 3 aromatic rings. The molecule has 0 bridgehead atoms. The van der Waals surface area contributed by atoms with E-state index in [1.807, 2.05) is 0 Å². The average Bonchev–Trinajstić information content (AvgIpc) is 2.82. The number of carbonyl (C=O) groups excluding carboxylic acids is 2. The Morgan fingerprint density at radius 2 is 1.59 bits per heavy atom. The van der Waals surface area contributed by atoms with Crippen LogP contribution in [0.5, 0.6) is 0 Å². The number of carbonyl (C=O) groups is 2. The summed E-state index contributed by atoms with van der Waals surface area (Å²) in [6.45, 7) is 3.19. The molecule has 3 aromatic carbocycles. The summed E-state index contributed by atoms with van der Waals surface area (Å²) in [5, 5.41) is 0.472. The van der Waals surface area contributed by atoms with E-state index >= 15 is 0 Å². The second kappa shape index (κ2) is 10.3. The highest BCUT2D eigenvalue weighted by Gasteiger charge is 2.25. The molecule has 0 aliphatic carbocycles. The molecule has 0 aliphatic heterocycles.